The van der Waals surface area contributed by atoms with Gasteiger partial charge in [-0.15, -0.1) is 0 Å². The van der Waals surface area contributed by atoms with E-state index in [1.807, 2.05) is 0 Å². The molecule has 0 atom stereocenters. The Morgan fingerprint density at radius 1 is 1.17 bits per heavy atom. The van der Waals surface area contributed by atoms with Crippen LogP contribution in [0.2, 0.25) is 0 Å². The molecule has 0 unspecified atom stereocenters. The van der Waals surface area contributed by atoms with E-state index in [1.165, 1.54) is 12.1 Å². The summed E-state index contributed by atoms with van der Waals surface area (Å²) in [6, 6.07) is 2.89. The van der Waals surface area contributed by atoms with Crippen molar-refractivity contribution in [1.82, 2.24) is 0 Å². The van der Waals surface area contributed by atoms with Gasteiger partial charge in [-0.1, -0.05) is 6.07 Å². The number of benzene rings is 1. The van der Waals surface area contributed by atoms with Gasteiger partial charge >= 0.3 is 0 Å². The zero-order valence-electron chi connectivity index (χ0n) is 10.8. The topological polar surface area (TPSA) is 21.3 Å². The molecule has 0 bridgehead atoms. The Morgan fingerprint density at radius 2 is 1.83 bits per heavy atom. The zero-order valence-corrected chi connectivity index (χ0v) is 10.8. The van der Waals surface area contributed by atoms with E-state index in [4.69, 9.17) is 4.74 Å². The quantitative estimate of drug-likeness (QED) is 0.890. The minimum atomic E-state index is -0.521. The molecule has 2 nitrogen and oxygen atoms in total. The van der Waals surface area contributed by atoms with Crippen molar-refractivity contribution < 1.29 is 13.5 Å². The molecule has 0 heterocycles. The lowest BCUT2D eigenvalue weighted by Gasteiger charge is -2.29. The van der Waals surface area contributed by atoms with E-state index in [0.717, 1.165) is 25.7 Å². The van der Waals surface area contributed by atoms with E-state index in [9.17, 15) is 8.78 Å². The van der Waals surface area contributed by atoms with E-state index in [0.29, 0.717) is 5.56 Å². The average Bonchev–Trinajstić information content (AvgIpc) is 2.40. The van der Waals surface area contributed by atoms with Gasteiger partial charge in [0.25, 0.3) is 0 Å². The van der Waals surface area contributed by atoms with Crippen LogP contribution in [0.25, 0.3) is 0 Å². The maximum atomic E-state index is 13.8. The molecule has 1 aliphatic rings. The van der Waals surface area contributed by atoms with Gasteiger partial charge in [-0.2, -0.15) is 0 Å². The number of ether oxygens (including phenoxy) is 1. The number of nitrogens with one attached hydrogen (secondary N) is 1. The Morgan fingerprint density at radius 3 is 2.44 bits per heavy atom. The van der Waals surface area contributed by atoms with Crippen molar-refractivity contribution in [3.63, 3.8) is 0 Å². The molecule has 4 heteroatoms. The Kier molecular flexibility index (Phi) is 4.17. The Balaban J connectivity index is 2.04. The third kappa shape index (κ3) is 2.80. The molecule has 0 aliphatic heterocycles. The van der Waals surface area contributed by atoms with Gasteiger partial charge in [0.1, 0.15) is 11.5 Å². The highest BCUT2D eigenvalue weighted by Gasteiger charge is 2.22. The molecule has 1 fully saturated rings. The summed E-state index contributed by atoms with van der Waals surface area (Å²) in [4.78, 5) is 0. The molecule has 0 spiro atoms. The van der Waals surface area contributed by atoms with Crippen molar-refractivity contribution >= 4 is 5.69 Å². The van der Waals surface area contributed by atoms with E-state index >= 15 is 0 Å². The zero-order chi connectivity index (χ0) is 13.1. The number of hydrogen-bond donors (Lipinski definition) is 1. The van der Waals surface area contributed by atoms with Gasteiger partial charge in [0.05, 0.1) is 6.10 Å². The van der Waals surface area contributed by atoms with Crippen LogP contribution >= 0.6 is 0 Å². The van der Waals surface area contributed by atoms with E-state index in [2.05, 4.69) is 5.32 Å². The molecular weight excluding hydrogens is 236 g/mol. The highest BCUT2D eigenvalue weighted by molar-refractivity contribution is 5.49. The molecule has 1 saturated carbocycles. The highest BCUT2D eigenvalue weighted by Crippen LogP contribution is 2.27. The lowest BCUT2D eigenvalue weighted by molar-refractivity contribution is 0.0681. The van der Waals surface area contributed by atoms with Crippen LogP contribution in [0.15, 0.2) is 12.1 Å². The fourth-order valence-corrected chi connectivity index (χ4v) is 2.44. The predicted octanol–water partition coefficient (Wildman–Crippen LogP) is 3.64. The maximum absolute atomic E-state index is 13.8. The molecule has 0 amide bonds. The molecule has 1 aliphatic carbocycles. The summed E-state index contributed by atoms with van der Waals surface area (Å²) in [7, 11) is 1.71. The fraction of sp³-hybridized carbons (Fsp3) is 0.571. The first-order valence-corrected chi connectivity index (χ1v) is 6.35. The van der Waals surface area contributed by atoms with Gasteiger partial charge < -0.3 is 10.1 Å². The monoisotopic (exact) mass is 255 g/mol. The van der Waals surface area contributed by atoms with Gasteiger partial charge in [0.2, 0.25) is 0 Å². The largest absolute Gasteiger partial charge is 0.381 e. The summed E-state index contributed by atoms with van der Waals surface area (Å²) in [6.07, 6.45) is 3.92. The summed E-state index contributed by atoms with van der Waals surface area (Å²) < 4.78 is 32.7. The Hall–Kier alpha value is -1.16. The molecular formula is C14H19F2NO. The van der Waals surface area contributed by atoms with Crippen LogP contribution in [-0.2, 0) is 4.74 Å². The normalized spacial score (nSPS) is 24.0. The molecule has 2 rings (SSSR count). The molecule has 1 N–H and O–H groups in total. The molecule has 18 heavy (non-hydrogen) atoms. The predicted molar refractivity (Wildman–Crippen MR) is 67.8 cm³/mol. The van der Waals surface area contributed by atoms with Gasteiger partial charge in [-0.3, -0.25) is 0 Å². The van der Waals surface area contributed by atoms with Crippen molar-refractivity contribution in [3.05, 3.63) is 29.3 Å². The summed E-state index contributed by atoms with van der Waals surface area (Å²) >= 11 is 0. The Bertz CT molecular complexity index is 415. The SMILES string of the molecule is COC1CCC(Nc2c(F)ccc(C)c2F)CC1. The van der Waals surface area contributed by atoms with E-state index in [1.54, 1.807) is 14.0 Å². The van der Waals surface area contributed by atoms with Crippen LogP contribution in [0, 0.1) is 18.6 Å². The van der Waals surface area contributed by atoms with Crippen LogP contribution in [0.4, 0.5) is 14.5 Å². The van der Waals surface area contributed by atoms with Crippen LogP contribution in [0.1, 0.15) is 31.2 Å². The number of anilines is 1. The summed E-state index contributed by atoms with van der Waals surface area (Å²) in [5.41, 5.74) is 0.473. The van der Waals surface area contributed by atoms with Crippen molar-refractivity contribution in [2.24, 2.45) is 0 Å². The molecule has 0 aromatic heterocycles. The first kappa shape index (κ1) is 13.3. The number of rotatable bonds is 3. The van der Waals surface area contributed by atoms with Gasteiger partial charge in [0, 0.05) is 13.2 Å². The minimum Gasteiger partial charge on any atom is -0.381 e. The van der Waals surface area contributed by atoms with Gasteiger partial charge in [-0.25, -0.2) is 8.78 Å². The highest BCUT2D eigenvalue weighted by atomic mass is 19.1. The van der Waals surface area contributed by atoms with Crippen LogP contribution in [0.3, 0.4) is 0 Å². The number of methoxy groups -OCH3 is 1. The summed E-state index contributed by atoms with van der Waals surface area (Å²) in [5, 5.41) is 3.00. The molecule has 1 aromatic carbocycles. The second kappa shape index (κ2) is 5.65. The number of halogens is 2. The van der Waals surface area contributed by atoms with Crippen LogP contribution in [0.5, 0.6) is 0 Å². The maximum Gasteiger partial charge on any atom is 0.152 e. The summed E-state index contributed by atoms with van der Waals surface area (Å²) in [5.74, 6) is -1.00. The first-order chi connectivity index (χ1) is 8.61. The van der Waals surface area contributed by atoms with Gasteiger partial charge in [0.15, 0.2) is 5.82 Å². The first-order valence-electron chi connectivity index (χ1n) is 6.35. The third-order valence-electron chi connectivity index (χ3n) is 3.64. The molecule has 1 aromatic rings. The third-order valence-corrected chi connectivity index (χ3v) is 3.64. The van der Waals surface area contributed by atoms with Crippen LogP contribution < -0.4 is 5.32 Å². The molecule has 100 valence electrons. The smallest absolute Gasteiger partial charge is 0.152 e. The minimum absolute atomic E-state index is 0.0101. The average molecular weight is 255 g/mol. The second-order valence-corrected chi connectivity index (χ2v) is 4.91. The van der Waals surface area contributed by atoms with Crippen molar-refractivity contribution in [1.29, 1.82) is 0 Å². The fourth-order valence-electron chi connectivity index (χ4n) is 2.44. The van der Waals surface area contributed by atoms with Crippen molar-refractivity contribution in [3.8, 4) is 0 Å². The van der Waals surface area contributed by atoms with Crippen molar-refractivity contribution in [2.45, 2.75) is 44.8 Å². The second-order valence-electron chi connectivity index (χ2n) is 4.91. The van der Waals surface area contributed by atoms with Crippen molar-refractivity contribution in [2.75, 3.05) is 12.4 Å². The lowest BCUT2D eigenvalue weighted by atomic mass is 9.92. The standard InChI is InChI=1S/C14H19F2NO/c1-9-3-8-12(15)14(13(9)16)17-10-4-6-11(18-2)7-5-10/h3,8,10-11,17H,4-7H2,1-2H3. The molecule has 0 saturated heterocycles. The lowest BCUT2D eigenvalue weighted by Crippen LogP contribution is -2.30. The van der Waals surface area contributed by atoms with E-state index < -0.39 is 11.6 Å². The summed E-state index contributed by atoms with van der Waals surface area (Å²) in [6.45, 7) is 1.64. The number of hydrogen-bond acceptors (Lipinski definition) is 2. The van der Waals surface area contributed by atoms with Gasteiger partial charge in [-0.05, 0) is 44.2 Å². The molecule has 0 radical (unpaired) electrons. The Labute approximate surface area is 106 Å². The number of aryl methyl sites for hydroxylation is 1. The van der Waals surface area contributed by atoms with E-state index in [-0.39, 0.29) is 17.8 Å². The van der Waals surface area contributed by atoms with Crippen LogP contribution in [-0.4, -0.2) is 19.3 Å².